The summed E-state index contributed by atoms with van der Waals surface area (Å²) < 4.78 is 18.5. The molecule has 3 aromatic rings. The summed E-state index contributed by atoms with van der Waals surface area (Å²) in [6.45, 7) is 5.38. The molecule has 7 heteroatoms. The number of hydrogen-bond donors (Lipinski definition) is 1. The third kappa shape index (κ3) is 5.47. The standard InChI is InChI=1S/C27H29BrN2O3S/c1-17-10-18(2)12-22(11-17)33-16-24-23-15-26(32-4)25(31-3)13-19(23)8-9-30(24)27(34)29-21-7-5-6-20(28)14-21/h5-7,10-15,24H,8-9,16H2,1-4H3,(H,29,34). The van der Waals surface area contributed by atoms with Crippen LogP contribution in [0.4, 0.5) is 5.69 Å². The highest BCUT2D eigenvalue weighted by molar-refractivity contribution is 9.10. The number of ether oxygens (including phenoxy) is 3. The van der Waals surface area contributed by atoms with Crippen molar-refractivity contribution in [2.24, 2.45) is 0 Å². The van der Waals surface area contributed by atoms with Gasteiger partial charge in [-0.3, -0.25) is 0 Å². The van der Waals surface area contributed by atoms with Gasteiger partial charge in [-0.2, -0.15) is 0 Å². The predicted molar refractivity (Wildman–Crippen MR) is 144 cm³/mol. The number of nitrogens with zero attached hydrogens (tertiary/aromatic N) is 1. The summed E-state index contributed by atoms with van der Waals surface area (Å²) in [6, 6.07) is 18.3. The van der Waals surface area contributed by atoms with E-state index in [1.54, 1.807) is 14.2 Å². The lowest BCUT2D eigenvalue weighted by molar-refractivity contribution is 0.190. The van der Waals surface area contributed by atoms with Crippen LogP contribution in [-0.4, -0.2) is 37.4 Å². The molecule has 178 valence electrons. The summed E-state index contributed by atoms with van der Waals surface area (Å²) >= 11 is 9.41. The number of rotatable bonds is 6. The van der Waals surface area contributed by atoms with Crippen molar-refractivity contribution in [3.63, 3.8) is 0 Å². The monoisotopic (exact) mass is 540 g/mol. The molecule has 1 N–H and O–H groups in total. The first kappa shape index (κ1) is 24.4. The smallest absolute Gasteiger partial charge is 0.174 e. The van der Waals surface area contributed by atoms with E-state index in [0.29, 0.717) is 17.5 Å². The van der Waals surface area contributed by atoms with Crippen LogP contribution in [0.1, 0.15) is 28.3 Å². The molecule has 0 radical (unpaired) electrons. The molecule has 1 atom stereocenters. The zero-order valence-corrected chi connectivity index (χ0v) is 22.3. The van der Waals surface area contributed by atoms with Gasteiger partial charge in [-0.05, 0) is 97.2 Å². The van der Waals surface area contributed by atoms with E-state index in [2.05, 4.69) is 70.3 Å². The minimum atomic E-state index is -0.0865. The molecule has 1 unspecified atom stereocenters. The number of aryl methyl sites for hydroxylation is 2. The zero-order chi connectivity index (χ0) is 24.2. The number of benzene rings is 3. The Hall–Kier alpha value is -2.77. The molecule has 0 fully saturated rings. The summed E-state index contributed by atoms with van der Waals surface area (Å²) in [5.41, 5.74) is 5.63. The first-order chi connectivity index (χ1) is 16.4. The van der Waals surface area contributed by atoms with Gasteiger partial charge < -0.3 is 24.4 Å². The van der Waals surface area contributed by atoms with Crippen molar-refractivity contribution in [3.05, 3.63) is 81.3 Å². The molecule has 34 heavy (non-hydrogen) atoms. The first-order valence-corrected chi connectivity index (χ1v) is 12.4. The molecule has 5 nitrogen and oxygen atoms in total. The third-order valence-electron chi connectivity index (χ3n) is 5.94. The van der Waals surface area contributed by atoms with E-state index in [1.807, 2.05) is 24.3 Å². The van der Waals surface area contributed by atoms with Crippen LogP contribution in [0, 0.1) is 13.8 Å². The second-order valence-electron chi connectivity index (χ2n) is 8.44. The maximum atomic E-state index is 6.34. The fraction of sp³-hybridized carbons (Fsp3) is 0.296. The van der Waals surface area contributed by atoms with E-state index in [-0.39, 0.29) is 6.04 Å². The number of anilines is 1. The van der Waals surface area contributed by atoms with Crippen LogP contribution >= 0.6 is 28.1 Å². The predicted octanol–water partition coefficient (Wildman–Crippen LogP) is 6.46. The molecule has 1 aliphatic heterocycles. The Kier molecular flexibility index (Phi) is 7.63. The van der Waals surface area contributed by atoms with Crippen LogP contribution < -0.4 is 19.5 Å². The van der Waals surface area contributed by atoms with Gasteiger partial charge in [-0.15, -0.1) is 0 Å². The van der Waals surface area contributed by atoms with Crippen LogP contribution in [0.25, 0.3) is 0 Å². The molecule has 1 heterocycles. The molecule has 4 rings (SSSR count). The van der Waals surface area contributed by atoms with Gasteiger partial charge in [0.25, 0.3) is 0 Å². The SMILES string of the molecule is COc1cc2c(cc1OC)C(COc1cc(C)cc(C)c1)N(C(=S)Nc1cccc(Br)c1)CC2. The van der Waals surface area contributed by atoms with Crippen molar-refractivity contribution in [2.45, 2.75) is 26.3 Å². The summed E-state index contributed by atoms with van der Waals surface area (Å²) in [4.78, 5) is 2.20. The van der Waals surface area contributed by atoms with Gasteiger partial charge in [0.15, 0.2) is 16.6 Å². The number of thiocarbonyl (C=S) groups is 1. The number of nitrogens with one attached hydrogen (secondary N) is 1. The first-order valence-electron chi connectivity index (χ1n) is 11.2. The minimum absolute atomic E-state index is 0.0865. The maximum Gasteiger partial charge on any atom is 0.174 e. The fourth-order valence-electron chi connectivity index (χ4n) is 4.40. The van der Waals surface area contributed by atoms with Crippen molar-refractivity contribution >= 4 is 38.9 Å². The van der Waals surface area contributed by atoms with Crippen molar-refractivity contribution in [3.8, 4) is 17.2 Å². The van der Waals surface area contributed by atoms with Gasteiger partial charge in [0.05, 0.1) is 20.3 Å². The number of methoxy groups -OCH3 is 2. The molecule has 0 aliphatic carbocycles. The van der Waals surface area contributed by atoms with Crippen molar-refractivity contribution < 1.29 is 14.2 Å². The van der Waals surface area contributed by atoms with Gasteiger partial charge in [-0.1, -0.05) is 28.1 Å². The molecule has 0 bridgehead atoms. The lowest BCUT2D eigenvalue weighted by atomic mass is 9.92. The fourth-order valence-corrected chi connectivity index (χ4v) is 5.14. The molecule has 0 saturated heterocycles. The van der Waals surface area contributed by atoms with Crippen LogP contribution in [-0.2, 0) is 6.42 Å². The summed E-state index contributed by atoms with van der Waals surface area (Å²) in [6.07, 6.45) is 0.843. The largest absolute Gasteiger partial charge is 0.493 e. The number of hydrogen-bond acceptors (Lipinski definition) is 4. The van der Waals surface area contributed by atoms with Gasteiger partial charge >= 0.3 is 0 Å². The molecule has 0 saturated carbocycles. The lowest BCUT2D eigenvalue weighted by Gasteiger charge is -2.39. The highest BCUT2D eigenvalue weighted by Crippen LogP contribution is 2.39. The average Bonchev–Trinajstić information content (AvgIpc) is 2.80. The Morgan fingerprint density at radius 3 is 2.41 bits per heavy atom. The zero-order valence-electron chi connectivity index (χ0n) is 19.9. The molecule has 0 spiro atoms. The van der Waals surface area contributed by atoms with Crippen LogP contribution in [0.3, 0.4) is 0 Å². The molecule has 1 aliphatic rings. The maximum absolute atomic E-state index is 6.34. The lowest BCUT2D eigenvalue weighted by Crippen LogP contribution is -2.44. The summed E-state index contributed by atoms with van der Waals surface area (Å²) in [5.74, 6) is 2.29. The van der Waals surface area contributed by atoms with Gasteiger partial charge in [0, 0.05) is 16.7 Å². The van der Waals surface area contributed by atoms with E-state index in [9.17, 15) is 0 Å². The van der Waals surface area contributed by atoms with Crippen LogP contribution in [0.15, 0.2) is 59.1 Å². The van der Waals surface area contributed by atoms with E-state index >= 15 is 0 Å². The van der Waals surface area contributed by atoms with Crippen molar-refractivity contribution in [1.82, 2.24) is 4.90 Å². The minimum Gasteiger partial charge on any atom is -0.493 e. The van der Waals surface area contributed by atoms with Crippen molar-refractivity contribution in [1.29, 1.82) is 0 Å². The van der Waals surface area contributed by atoms with E-state index in [1.165, 1.54) is 16.7 Å². The second-order valence-corrected chi connectivity index (χ2v) is 9.74. The van der Waals surface area contributed by atoms with Gasteiger partial charge in [-0.25, -0.2) is 0 Å². The Morgan fingerprint density at radius 1 is 1.03 bits per heavy atom. The summed E-state index contributed by atoms with van der Waals surface area (Å²) in [5, 5.41) is 4.06. The molecule has 3 aromatic carbocycles. The average molecular weight is 542 g/mol. The highest BCUT2D eigenvalue weighted by atomic mass is 79.9. The Labute approximate surface area is 215 Å². The Morgan fingerprint density at radius 2 is 1.74 bits per heavy atom. The van der Waals surface area contributed by atoms with Crippen molar-refractivity contribution in [2.75, 3.05) is 32.7 Å². The van der Waals surface area contributed by atoms with E-state index in [4.69, 9.17) is 26.4 Å². The third-order valence-corrected chi connectivity index (χ3v) is 6.77. The Bertz CT molecular complexity index is 1180. The molecular formula is C27H29BrN2O3S. The Balaban J connectivity index is 1.66. The second kappa shape index (κ2) is 10.7. The number of halogens is 1. The normalized spacial score (nSPS) is 14.9. The quantitative estimate of drug-likeness (QED) is 0.362. The van der Waals surface area contributed by atoms with Gasteiger partial charge in [0.1, 0.15) is 12.4 Å². The van der Waals surface area contributed by atoms with Gasteiger partial charge in [0.2, 0.25) is 0 Å². The highest BCUT2D eigenvalue weighted by Gasteiger charge is 2.31. The summed E-state index contributed by atoms with van der Waals surface area (Å²) in [7, 11) is 3.32. The van der Waals surface area contributed by atoms with Crippen LogP contribution in [0.5, 0.6) is 17.2 Å². The van der Waals surface area contributed by atoms with E-state index in [0.717, 1.165) is 40.2 Å². The molecular weight excluding hydrogens is 512 g/mol. The molecule has 0 amide bonds. The topological polar surface area (TPSA) is 43.0 Å². The number of fused-ring (bicyclic) bond motifs is 1. The molecule has 0 aromatic heterocycles. The van der Waals surface area contributed by atoms with Crippen LogP contribution in [0.2, 0.25) is 0 Å². The van der Waals surface area contributed by atoms with E-state index < -0.39 is 0 Å².